The molecule has 19 heavy (non-hydrogen) atoms. The minimum Gasteiger partial charge on any atom is -0.481 e. The van der Waals surface area contributed by atoms with E-state index < -0.39 is 5.97 Å². The molecule has 1 saturated heterocycles. The molecule has 0 aromatic rings. The van der Waals surface area contributed by atoms with Crippen molar-refractivity contribution in [3.8, 4) is 0 Å². The van der Waals surface area contributed by atoms with Gasteiger partial charge < -0.3 is 10.4 Å². The van der Waals surface area contributed by atoms with Crippen LogP contribution in [0.2, 0.25) is 0 Å². The van der Waals surface area contributed by atoms with Gasteiger partial charge in [-0.3, -0.25) is 14.5 Å². The highest BCUT2D eigenvalue weighted by atomic mass is 16.4. The molecule has 2 rings (SSSR count). The largest absolute Gasteiger partial charge is 0.481 e. The summed E-state index contributed by atoms with van der Waals surface area (Å²) in [7, 11) is 0. The zero-order valence-electron chi connectivity index (χ0n) is 11.6. The standard InChI is InChI=1S/C14H24N2O3/c1-10-9-16(11-5-3-2-4-6-11)12(14(19)15-10)7-8-13(17)18/h10-12H,2-9H2,1H3,(H,15,19)(H,17,18). The summed E-state index contributed by atoms with van der Waals surface area (Å²) in [5, 5.41) is 11.8. The lowest BCUT2D eigenvalue weighted by Crippen LogP contribution is -2.62. The number of piperazine rings is 1. The highest BCUT2D eigenvalue weighted by Gasteiger charge is 2.37. The molecular formula is C14H24N2O3. The number of hydrogen-bond acceptors (Lipinski definition) is 3. The van der Waals surface area contributed by atoms with Gasteiger partial charge in [-0.15, -0.1) is 0 Å². The second-order valence-electron chi connectivity index (χ2n) is 5.85. The van der Waals surface area contributed by atoms with E-state index in [1.807, 2.05) is 6.92 Å². The first-order valence-electron chi connectivity index (χ1n) is 7.36. The highest BCUT2D eigenvalue weighted by Crippen LogP contribution is 2.27. The van der Waals surface area contributed by atoms with Gasteiger partial charge in [0.05, 0.1) is 6.04 Å². The van der Waals surface area contributed by atoms with Crippen LogP contribution >= 0.6 is 0 Å². The van der Waals surface area contributed by atoms with Gasteiger partial charge in [0.25, 0.3) is 0 Å². The van der Waals surface area contributed by atoms with E-state index in [9.17, 15) is 9.59 Å². The van der Waals surface area contributed by atoms with E-state index in [2.05, 4.69) is 10.2 Å². The molecule has 2 aliphatic rings. The average Bonchev–Trinajstić information content (AvgIpc) is 2.37. The third kappa shape index (κ3) is 3.69. The maximum Gasteiger partial charge on any atom is 0.303 e. The van der Waals surface area contributed by atoms with Crippen LogP contribution in [0.5, 0.6) is 0 Å². The maximum atomic E-state index is 12.1. The van der Waals surface area contributed by atoms with Crippen molar-refractivity contribution in [2.24, 2.45) is 0 Å². The first-order chi connectivity index (χ1) is 9.08. The minimum absolute atomic E-state index is 0.00516. The lowest BCUT2D eigenvalue weighted by atomic mass is 9.91. The van der Waals surface area contributed by atoms with Crippen molar-refractivity contribution in [1.29, 1.82) is 0 Å². The van der Waals surface area contributed by atoms with Gasteiger partial charge in [0.15, 0.2) is 0 Å². The molecule has 1 aliphatic heterocycles. The van der Waals surface area contributed by atoms with Crippen LogP contribution in [0.4, 0.5) is 0 Å². The second kappa shape index (κ2) is 6.37. The van der Waals surface area contributed by atoms with Crippen LogP contribution < -0.4 is 5.32 Å². The van der Waals surface area contributed by atoms with Crippen LogP contribution in [-0.4, -0.2) is 46.6 Å². The molecule has 1 heterocycles. The molecule has 1 amide bonds. The summed E-state index contributed by atoms with van der Waals surface area (Å²) in [6.07, 6.45) is 6.50. The Labute approximate surface area is 114 Å². The molecular weight excluding hydrogens is 244 g/mol. The van der Waals surface area contributed by atoms with Crippen molar-refractivity contribution in [3.63, 3.8) is 0 Å². The Kier molecular flexibility index (Phi) is 4.80. The second-order valence-corrected chi connectivity index (χ2v) is 5.85. The molecule has 1 saturated carbocycles. The number of carbonyl (C=O) groups excluding carboxylic acids is 1. The molecule has 2 atom stereocenters. The highest BCUT2D eigenvalue weighted by molar-refractivity contribution is 5.83. The quantitative estimate of drug-likeness (QED) is 0.808. The molecule has 5 nitrogen and oxygen atoms in total. The van der Waals surface area contributed by atoms with E-state index in [1.54, 1.807) is 0 Å². The van der Waals surface area contributed by atoms with Crippen molar-refractivity contribution in [1.82, 2.24) is 10.2 Å². The van der Waals surface area contributed by atoms with Gasteiger partial charge in [0.1, 0.15) is 0 Å². The summed E-state index contributed by atoms with van der Waals surface area (Å²) in [6.45, 7) is 2.86. The van der Waals surface area contributed by atoms with E-state index in [4.69, 9.17) is 5.11 Å². The van der Waals surface area contributed by atoms with Crippen LogP contribution in [0.1, 0.15) is 51.9 Å². The normalized spacial score (nSPS) is 30.1. The fourth-order valence-corrected chi connectivity index (χ4v) is 3.35. The van der Waals surface area contributed by atoms with Crippen molar-refractivity contribution < 1.29 is 14.7 Å². The monoisotopic (exact) mass is 268 g/mol. The molecule has 2 N–H and O–H groups in total. The van der Waals surface area contributed by atoms with Gasteiger partial charge >= 0.3 is 5.97 Å². The van der Waals surface area contributed by atoms with Crippen molar-refractivity contribution in [2.45, 2.75) is 70.0 Å². The third-order valence-corrected chi connectivity index (χ3v) is 4.25. The molecule has 2 unspecified atom stereocenters. The number of carboxylic acid groups (broad SMARTS) is 1. The summed E-state index contributed by atoms with van der Waals surface area (Å²) < 4.78 is 0. The van der Waals surface area contributed by atoms with Crippen LogP contribution in [0.3, 0.4) is 0 Å². The molecule has 0 aromatic heterocycles. The average molecular weight is 268 g/mol. The topological polar surface area (TPSA) is 69.6 Å². The summed E-state index contributed by atoms with van der Waals surface area (Å²) >= 11 is 0. The zero-order chi connectivity index (χ0) is 13.8. The smallest absolute Gasteiger partial charge is 0.303 e. The number of nitrogens with one attached hydrogen (secondary N) is 1. The third-order valence-electron chi connectivity index (χ3n) is 4.25. The molecule has 0 bridgehead atoms. The summed E-state index contributed by atoms with van der Waals surface area (Å²) in [5.74, 6) is -0.819. The molecule has 108 valence electrons. The summed E-state index contributed by atoms with van der Waals surface area (Å²) in [6, 6.07) is 0.368. The van der Waals surface area contributed by atoms with Crippen LogP contribution in [0, 0.1) is 0 Å². The van der Waals surface area contributed by atoms with Gasteiger partial charge in [-0.05, 0) is 26.2 Å². The Morgan fingerprint density at radius 3 is 2.68 bits per heavy atom. The number of amides is 1. The molecule has 0 aromatic carbocycles. The molecule has 0 spiro atoms. The SMILES string of the molecule is CC1CN(C2CCCCC2)C(CCC(=O)O)C(=O)N1. The van der Waals surface area contributed by atoms with Crippen LogP contribution in [0.25, 0.3) is 0 Å². The van der Waals surface area contributed by atoms with E-state index >= 15 is 0 Å². The van der Waals surface area contributed by atoms with E-state index in [0.717, 1.165) is 19.4 Å². The number of rotatable bonds is 4. The first kappa shape index (κ1) is 14.3. The Hall–Kier alpha value is -1.10. The predicted octanol–water partition coefficient (Wildman–Crippen LogP) is 1.37. The van der Waals surface area contributed by atoms with Gasteiger partial charge in [-0.2, -0.15) is 0 Å². The van der Waals surface area contributed by atoms with Crippen molar-refractivity contribution >= 4 is 11.9 Å². The number of nitrogens with zero attached hydrogens (tertiary/aromatic N) is 1. The maximum absolute atomic E-state index is 12.1. The zero-order valence-corrected chi connectivity index (χ0v) is 11.6. The van der Waals surface area contributed by atoms with E-state index in [0.29, 0.717) is 12.5 Å². The fourth-order valence-electron chi connectivity index (χ4n) is 3.35. The number of aliphatic carboxylic acids is 1. The van der Waals surface area contributed by atoms with Gasteiger partial charge in [-0.25, -0.2) is 0 Å². The predicted molar refractivity (Wildman–Crippen MR) is 71.8 cm³/mol. The number of carbonyl (C=O) groups is 2. The van der Waals surface area contributed by atoms with Gasteiger partial charge in [0, 0.05) is 25.0 Å². The Morgan fingerprint density at radius 1 is 1.37 bits per heavy atom. The van der Waals surface area contributed by atoms with Crippen LogP contribution in [0.15, 0.2) is 0 Å². The Morgan fingerprint density at radius 2 is 2.05 bits per heavy atom. The Bertz CT molecular complexity index is 340. The number of hydrogen-bond donors (Lipinski definition) is 2. The number of carboxylic acids is 1. The first-order valence-corrected chi connectivity index (χ1v) is 7.36. The van der Waals surface area contributed by atoms with Gasteiger partial charge in [0.2, 0.25) is 5.91 Å². The molecule has 5 heteroatoms. The van der Waals surface area contributed by atoms with Crippen molar-refractivity contribution in [2.75, 3.05) is 6.54 Å². The van der Waals surface area contributed by atoms with Gasteiger partial charge in [-0.1, -0.05) is 19.3 Å². The Balaban J connectivity index is 2.04. The fraction of sp³-hybridized carbons (Fsp3) is 0.857. The lowest BCUT2D eigenvalue weighted by Gasteiger charge is -2.44. The summed E-state index contributed by atoms with van der Waals surface area (Å²) in [4.78, 5) is 25.1. The molecule has 1 aliphatic carbocycles. The van der Waals surface area contributed by atoms with E-state index in [-0.39, 0.29) is 24.4 Å². The van der Waals surface area contributed by atoms with E-state index in [1.165, 1.54) is 19.3 Å². The molecule has 2 fully saturated rings. The molecule has 0 radical (unpaired) electrons. The van der Waals surface area contributed by atoms with Crippen LogP contribution in [-0.2, 0) is 9.59 Å². The summed E-state index contributed by atoms with van der Waals surface area (Å²) in [5.41, 5.74) is 0. The minimum atomic E-state index is -0.824. The lowest BCUT2D eigenvalue weighted by molar-refractivity contribution is -0.138. The van der Waals surface area contributed by atoms with Crippen molar-refractivity contribution in [3.05, 3.63) is 0 Å².